The first-order valence-electron chi connectivity index (χ1n) is 6.12. The molecule has 0 amide bonds. The average Bonchev–Trinajstić information content (AvgIpc) is 2.47. The molecule has 0 N–H and O–H groups in total. The van der Waals surface area contributed by atoms with Crippen LogP contribution in [-0.2, 0) is 0 Å². The van der Waals surface area contributed by atoms with Gasteiger partial charge in [0, 0.05) is 5.56 Å². The van der Waals surface area contributed by atoms with E-state index >= 15 is 0 Å². The Labute approximate surface area is 110 Å². The van der Waals surface area contributed by atoms with E-state index < -0.39 is 6.43 Å². The fourth-order valence-corrected chi connectivity index (χ4v) is 2.29. The van der Waals surface area contributed by atoms with Gasteiger partial charge in [0.2, 0.25) is 0 Å². The molecular formula is C17H12F2. The predicted octanol–water partition coefficient (Wildman–Crippen LogP) is 5.44. The Balaban J connectivity index is 2.14. The Morgan fingerprint density at radius 3 is 2.11 bits per heavy atom. The van der Waals surface area contributed by atoms with Gasteiger partial charge >= 0.3 is 0 Å². The maximum absolute atomic E-state index is 12.6. The van der Waals surface area contributed by atoms with Crippen LogP contribution in [0.15, 0.2) is 66.7 Å². The summed E-state index contributed by atoms with van der Waals surface area (Å²) in [5.74, 6) is 0. The molecule has 3 aromatic carbocycles. The molecule has 0 aliphatic carbocycles. The average molecular weight is 254 g/mol. The molecule has 0 bridgehead atoms. The Bertz CT molecular complexity index is 695. The number of benzene rings is 3. The molecule has 2 heteroatoms. The van der Waals surface area contributed by atoms with Crippen molar-refractivity contribution < 1.29 is 8.78 Å². The first-order chi connectivity index (χ1) is 9.25. The van der Waals surface area contributed by atoms with Crippen molar-refractivity contribution in [2.75, 3.05) is 0 Å². The Morgan fingerprint density at radius 2 is 1.37 bits per heavy atom. The molecular weight excluding hydrogens is 242 g/mol. The van der Waals surface area contributed by atoms with E-state index in [2.05, 4.69) is 0 Å². The summed E-state index contributed by atoms with van der Waals surface area (Å²) in [6, 6.07) is 20.6. The molecule has 0 nitrogen and oxygen atoms in total. The highest BCUT2D eigenvalue weighted by Gasteiger charge is 2.07. The zero-order chi connectivity index (χ0) is 13.2. The molecule has 0 aromatic heterocycles. The molecule has 0 spiro atoms. The van der Waals surface area contributed by atoms with Gasteiger partial charge in [-0.15, -0.1) is 0 Å². The summed E-state index contributed by atoms with van der Waals surface area (Å²) in [6.45, 7) is 0. The van der Waals surface area contributed by atoms with E-state index in [9.17, 15) is 8.78 Å². The van der Waals surface area contributed by atoms with Crippen molar-refractivity contribution in [3.8, 4) is 11.1 Å². The third kappa shape index (κ3) is 2.22. The van der Waals surface area contributed by atoms with Crippen LogP contribution in [0.25, 0.3) is 21.9 Å². The Hall–Kier alpha value is -2.22. The maximum Gasteiger partial charge on any atom is 0.263 e. The second-order valence-corrected chi connectivity index (χ2v) is 4.45. The van der Waals surface area contributed by atoms with Gasteiger partial charge in [-0.2, -0.15) is 0 Å². The first-order valence-corrected chi connectivity index (χ1v) is 6.12. The van der Waals surface area contributed by atoms with Gasteiger partial charge in [-0.3, -0.25) is 0 Å². The van der Waals surface area contributed by atoms with E-state index in [1.54, 1.807) is 12.1 Å². The van der Waals surface area contributed by atoms with E-state index in [1.807, 2.05) is 42.5 Å². The summed E-state index contributed by atoms with van der Waals surface area (Å²) >= 11 is 0. The van der Waals surface area contributed by atoms with E-state index in [-0.39, 0.29) is 5.56 Å². The van der Waals surface area contributed by atoms with Gasteiger partial charge in [0.25, 0.3) is 6.43 Å². The van der Waals surface area contributed by atoms with Crippen molar-refractivity contribution in [2.45, 2.75) is 6.43 Å². The first kappa shape index (κ1) is 11.8. The molecule has 0 aliphatic rings. The fraction of sp³-hybridized carbons (Fsp3) is 0.0588. The number of hydrogen-bond acceptors (Lipinski definition) is 0. The second kappa shape index (κ2) is 4.81. The van der Waals surface area contributed by atoms with Crippen LogP contribution in [0.1, 0.15) is 12.0 Å². The van der Waals surface area contributed by atoms with Crippen LogP contribution in [0.4, 0.5) is 8.78 Å². The largest absolute Gasteiger partial charge is 0.263 e. The maximum atomic E-state index is 12.6. The summed E-state index contributed by atoms with van der Waals surface area (Å²) in [4.78, 5) is 0. The zero-order valence-electron chi connectivity index (χ0n) is 10.2. The summed E-state index contributed by atoms with van der Waals surface area (Å²) in [5.41, 5.74) is 2.09. The lowest BCUT2D eigenvalue weighted by atomic mass is 9.98. The molecule has 0 saturated heterocycles. The highest BCUT2D eigenvalue weighted by Crippen LogP contribution is 2.30. The van der Waals surface area contributed by atoms with Crippen LogP contribution in [-0.4, -0.2) is 0 Å². The molecule has 0 fully saturated rings. The van der Waals surface area contributed by atoms with E-state index in [4.69, 9.17) is 0 Å². The summed E-state index contributed by atoms with van der Waals surface area (Å²) in [6.07, 6.45) is -2.42. The van der Waals surface area contributed by atoms with Gasteiger partial charge in [0.15, 0.2) is 0 Å². The van der Waals surface area contributed by atoms with Crippen LogP contribution < -0.4 is 0 Å². The van der Waals surface area contributed by atoms with Gasteiger partial charge in [-0.05, 0) is 21.9 Å². The van der Waals surface area contributed by atoms with Crippen molar-refractivity contribution in [3.05, 3.63) is 72.3 Å². The zero-order valence-corrected chi connectivity index (χ0v) is 10.2. The summed E-state index contributed by atoms with van der Waals surface area (Å²) in [5, 5.41) is 2.28. The van der Waals surface area contributed by atoms with Gasteiger partial charge in [0.05, 0.1) is 0 Å². The minimum atomic E-state index is -2.42. The smallest absolute Gasteiger partial charge is 0.205 e. The third-order valence-electron chi connectivity index (χ3n) is 3.26. The Morgan fingerprint density at radius 1 is 0.684 bits per heavy atom. The highest BCUT2D eigenvalue weighted by molar-refractivity contribution is 5.96. The number of fused-ring (bicyclic) bond motifs is 1. The van der Waals surface area contributed by atoms with Crippen molar-refractivity contribution in [1.29, 1.82) is 0 Å². The molecule has 0 aliphatic heterocycles. The van der Waals surface area contributed by atoms with Gasteiger partial charge in [-0.25, -0.2) is 8.78 Å². The standard InChI is InChI=1S/C17H12F2/c18-17(19)14-10-8-13(9-11-14)16-7-3-5-12-4-1-2-6-15(12)16/h1-11,17H. The molecule has 0 saturated carbocycles. The summed E-state index contributed by atoms with van der Waals surface area (Å²) < 4.78 is 25.1. The highest BCUT2D eigenvalue weighted by atomic mass is 19.3. The second-order valence-electron chi connectivity index (χ2n) is 4.45. The Kier molecular flexibility index (Phi) is 3.00. The van der Waals surface area contributed by atoms with Crippen molar-refractivity contribution in [3.63, 3.8) is 0 Å². The van der Waals surface area contributed by atoms with Gasteiger partial charge in [-0.1, -0.05) is 66.7 Å². The normalized spacial score (nSPS) is 11.1. The van der Waals surface area contributed by atoms with Crippen molar-refractivity contribution >= 4 is 10.8 Å². The monoisotopic (exact) mass is 254 g/mol. The van der Waals surface area contributed by atoms with Gasteiger partial charge < -0.3 is 0 Å². The van der Waals surface area contributed by atoms with E-state index in [0.717, 1.165) is 21.9 Å². The lowest BCUT2D eigenvalue weighted by Gasteiger charge is -2.07. The molecule has 3 aromatic rings. The molecule has 3 rings (SSSR count). The quantitative estimate of drug-likeness (QED) is 0.571. The number of halogens is 2. The molecule has 0 heterocycles. The minimum Gasteiger partial charge on any atom is -0.205 e. The summed E-state index contributed by atoms with van der Waals surface area (Å²) in [7, 11) is 0. The lowest BCUT2D eigenvalue weighted by Crippen LogP contribution is -1.85. The lowest BCUT2D eigenvalue weighted by molar-refractivity contribution is 0.151. The van der Waals surface area contributed by atoms with Crippen molar-refractivity contribution in [2.24, 2.45) is 0 Å². The number of alkyl halides is 2. The molecule has 94 valence electrons. The van der Waals surface area contributed by atoms with E-state index in [1.165, 1.54) is 12.1 Å². The van der Waals surface area contributed by atoms with Crippen LogP contribution in [0, 0.1) is 0 Å². The molecule has 0 unspecified atom stereocenters. The van der Waals surface area contributed by atoms with Crippen LogP contribution in [0.3, 0.4) is 0 Å². The van der Waals surface area contributed by atoms with Crippen LogP contribution in [0.2, 0.25) is 0 Å². The fourth-order valence-electron chi connectivity index (χ4n) is 2.29. The third-order valence-corrected chi connectivity index (χ3v) is 3.26. The predicted molar refractivity (Wildman–Crippen MR) is 74.3 cm³/mol. The minimum absolute atomic E-state index is 0.0592. The van der Waals surface area contributed by atoms with E-state index in [0.29, 0.717) is 0 Å². The van der Waals surface area contributed by atoms with Crippen LogP contribution in [0.5, 0.6) is 0 Å². The van der Waals surface area contributed by atoms with Gasteiger partial charge in [0.1, 0.15) is 0 Å². The SMILES string of the molecule is FC(F)c1ccc(-c2cccc3ccccc23)cc1. The molecule has 19 heavy (non-hydrogen) atoms. The molecule has 0 radical (unpaired) electrons. The van der Waals surface area contributed by atoms with Crippen molar-refractivity contribution in [1.82, 2.24) is 0 Å². The topological polar surface area (TPSA) is 0 Å². The van der Waals surface area contributed by atoms with Crippen LogP contribution >= 0.6 is 0 Å². The molecule has 0 atom stereocenters. The number of rotatable bonds is 2. The number of hydrogen-bond donors (Lipinski definition) is 0.